The predicted octanol–water partition coefficient (Wildman–Crippen LogP) is 3.62. The third-order valence-corrected chi connectivity index (χ3v) is 4.42. The number of benzene rings is 1. The van der Waals surface area contributed by atoms with Gasteiger partial charge in [0.25, 0.3) is 0 Å². The monoisotopic (exact) mass is 355 g/mol. The fraction of sp³-hybridized carbons (Fsp3) is 0.357. The molecular weight excluding hydrogens is 337 g/mol. The molecule has 0 fully saturated rings. The largest absolute Gasteiger partial charge is 0.383 e. The van der Waals surface area contributed by atoms with Crippen LogP contribution in [0.1, 0.15) is 31.1 Å². The van der Waals surface area contributed by atoms with E-state index in [0.717, 1.165) is 15.1 Å². The number of nitrogen functional groups attached to an aromatic ring is 1. The number of rotatable bonds is 3. The molecule has 18 heavy (non-hydrogen) atoms. The van der Waals surface area contributed by atoms with Crippen LogP contribution in [0, 0.1) is 16.4 Å². The Balaban J connectivity index is 2.52. The molecule has 0 spiro atoms. The highest BCUT2D eigenvalue weighted by atomic mass is 127. The van der Waals surface area contributed by atoms with E-state index >= 15 is 0 Å². The lowest BCUT2D eigenvalue weighted by atomic mass is 9.96. The Kier molecular flexibility index (Phi) is 3.94. The topological polar surface area (TPSA) is 43.8 Å². The van der Waals surface area contributed by atoms with E-state index in [9.17, 15) is 0 Å². The van der Waals surface area contributed by atoms with Gasteiger partial charge in [0.05, 0.1) is 15.3 Å². The highest BCUT2D eigenvalue weighted by Crippen LogP contribution is 2.31. The molecule has 0 bridgehead atoms. The van der Waals surface area contributed by atoms with Crippen molar-refractivity contribution in [3.05, 3.63) is 45.2 Å². The minimum atomic E-state index is 0.188. The smallest absolute Gasteiger partial charge is 0.136 e. The van der Waals surface area contributed by atoms with Gasteiger partial charge in [-0.05, 0) is 41.0 Å². The number of aryl methyl sites for hydroxylation is 1. The lowest BCUT2D eigenvalue weighted by molar-refractivity contribution is 0.406. The maximum absolute atomic E-state index is 6.17. The molecule has 96 valence electrons. The Morgan fingerprint density at radius 2 is 1.83 bits per heavy atom. The highest BCUT2D eigenvalue weighted by Gasteiger charge is 2.22. The van der Waals surface area contributed by atoms with Gasteiger partial charge >= 0.3 is 0 Å². The molecule has 1 atom stereocenters. The molecule has 1 aromatic heterocycles. The summed E-state index contributed by atoms with van der Waals surface area (Å²) in [5, 5.41) is 4.59. The van der Waals surface area contributed by atoms with E-state index in [-0.39, 0.29) is 6.04 Å². The Bertz CT molecular complexity index is 531. The van der Waals surface area contributed by atoms with Crippen LogP contribution in [0.2, 0.25) is 0 Å². The molecule has 0 aliphatic carbocycles. The summed E-state index contributed by atoms with van der Waals surface area (Å²) in [5.74, 6) is 1.19. The first-order chi connectivity index (χ1) is 8.52. The molecule has 1 aromatic carbocycles. The predicted molar refractivity (Wildman–Crippen MR) is 83.5 cm³/mol. The summed E-state index contributed by atoms with van der Waals surface area (Å²) in [7, 11) is 0. The molecule has 2 aromatic rings. The van der Waals surface area contributed by atoms with Crippen LogP contribution in [-0.4, -0.2) is 9.78 Å². The number of anilines is 1. The molecule has 1 heterocycles. The van der Waals surface area contributed by atoms with Crippen LogP contribution in [0.4, 0.5) is 5.82 Å². The van der Waals surface area contributed by atoms with E-state index in [1.54, 1.807) is 0 Å². The fourth-order valence-corrected chi connectivity index (χ4v) is 2.57. The molecule has 2 rings (SSSR count). The zero-order valence-electron chi connectivity index (χ0n) is 10.9. The van der Waals surface area contributed by atoms with Crippen LogP contribution in [0.3, 0.4) is 0 Å². The normalized spacial score (nSPS) is 12.9. The van der Waals surface area contributed by atoms with Gasteiger partial charge in [-0.25, -0.2) is 4.68 Å². The molecule has 0 saturated carbocycles. The van der Waals surface area contributed by atoms with E-state index < -0.39 is 0 Å². The van der Waals surface area contributed by atoms with Gasteiger partial charge in [-0.15, -0.1) is 0 Å². The van der Waals surface area contributed by atoms with Gasteiger partial charge < -0.3 is 5.73 Å². The molecule has 0 aliphatic heterocycles. The standard InChI is InChI=1S/C14H18IN3/c1-9(2)13(11-7-5-4-6-8-11)18-14(16)12(15)10(3)17-18/h4-9,13H,16H2,1-3H3. The highest BCUT2D eigenvalue weighted by molar-refractivity contribution is 14.1. The lowest BCUT2D eigenvalue weighted by Crippen LogP contribution is -2.19. The van der Waals surface area contributed by atoms with Gasteiger partial charge in [-0.3, -0.25) is 0 Å². The first kappa shape index (κ1) is 13.4. The minimum absolute atomic E-state index is 0.188. The Labute approximate surface area is 122 Å². The summed E-state index contributed by atoms with van der Waals surface area (Å²) in [6.45, 7) is 6.39. The lowest BCUT2D eigenvalue weighted by Gasteiger charge is -2.23. The van der Waals surface area contributed by atoms with Crippen molar-refractivity contribution in [2.24, 2.45) is 5.92 Å². The van der Waals surface area contributed by atoms with Crippen LogP contribution < -0.4 is 5.73 Å². The molecule has 0 amide bonds. The van der Waals surface area contributed by atoms with Crippen molar-refractivity contribution in [1.82, 2.24) is 9.78 Å². The van der Waals surface area contributed by atoms with E-state index in [2.05, 4.69) is 65.8 Å². The summed E-state index contributed by atoms with van der Waals surface area (Å²) in [6.07, 6.45) is 0. The molecule has 3 nitrogen and oxygen atoms in total. The first-order valence-corrected chi connectivity index (χ1v) is 7.15. The SMILES string of the molecule is Cc1nn(C(c2ccccc2)C(C)C)c(N)c1I. The number of halogens is 1. The molecular formula is C14H18IN3. The fourth-order valence-electron chi connectivity index (χ4n) is 2.22. The van der Waals surface area contributed by atoms with E-state index in [0.29, 0.717) is 5.92 Å². The van der Waals surface area contributed by atoms with Crippen LogP contribution in [0.25, 0.3) is 0 Å². The van der Waals surface area contributed by atoms with Gasteiger partial charge in [0.1, 0.15) is 5.82 Å². The van der Waals surface area contributed by atoms with Crippen molar-refractivity contribution >= 4 is 28.4 Å². The molecule has 1 unspecified atom stereocenters. The van der Waals surface area contributed by atoms with Crippen molar-refractivity contribution in [1.29, 1.82) is 0 Å². The second-order valence-corrected chi connectivity index (χ2v) is 5.91. The van der Waals surface area contributed by atoms with Crippen molar-refractivity contribution < 1.29 is 0 Å². The quantitative estimate of drug-likeness (QED) is 0.855. The maximum Gasteiger partial charge on any atom is 0.136 e. The number of hydrogen-bond donors (Lipinski definition) is 1. The number of hydrogen-bond acceptors (Lipinski definition) is 2. The molecule has 0 saturated heterocycles. The van der Waals surface area contributed by atoms with Gasteiger partial charge in [0.15, 0.2) is 0 Å². The Morgan fingerprint density at radius 1 is 1.22 bits per heavy atom. The van der Waals surface area contributed by atoms with Crippen LogP contribution in [0.15, 0.2) is 30.3 Å². The van der Waals surface area contributed by atoms with Crippen molar-refractivity contribution in [3.8, 4) is 0 Å². The molecule has 2 N–H and O–H groups in total. The third kappa shape index (κ3) is 2.39. The average Bonchev–Trinajstić information content (AvgIpc) is 2.59. The summed E-state index contributed by atoms with van der Waals surface area (Å²) in [6, 6.07) is 10.6. The zero-order valence-corrected chi connectivity index (χ0v) is 13.0. The van der Waals surface area contributed by atoms with E-state index in [4.69, 9.17) is 5.73 Å². The second-order valence-electron chi connectivity index (χ2n) is 4.83. The average molecular weight is 355 g/mol. The number of nitrogens with two attached hydrogens (primary N) is 1. The van der Waals surface area contributed by atoms with Gasteiger partial charge in [0.2, 0.25) is 0 Å². The summed E-state index contributed by atoms with van der Waals surface area (Å²) in [5.41, 5.74) is 8.42. The summed E-state index contributed by atoms with van der Waals surface area (Å²) >= 11 is 2.26. The summed E-state index contributed by atoms with van der Waals surface area (Å²) < 4.78 is 3.01. The van der Waals surface area contributed by atoms with Gasteiger partial charge in [-0.1, -0.05) is 44.2 Å². The number of aromatic nitrogens is 2. The van der Waals surface area contributed by atoms with Crippen molar-refractivity contribution in [2.45, 2.75) is 26.8 Å². The maximum atomic E-state index is 6.17. The molecule has 0 aliphatic rings. The second kappa shape index (κ2) is 5.30. The van der Waals surface area contributed by atoms with Gasteiger partial charge in [0, 0.05) is 0 Å². The zero-order chi connectivity index (χ0) is 13.3. The van der Waals surface area contributed by atoms with Gasteiger partial charge in [-0.2, -0.15) is 5.10 Å². The Morgan fingerprint density at radius 3 is 2.28 bits per heavy atom. The third-order valence-electron chi connectivity index (χ3n) is 3.08. The van der Waals surface area contributed by atoms with Crippen molar-refractivity contribution in [2.75, 3.05) is 5.73 Å². The van der Waals surface area contributed by atoms with Crippen molar-refractivity contribution in [3.63, 3.8) is 0 Å². The first-order valence-electron chi connectivity index (χ1n) is 6.07. The molecule has 4 heteroatoms. The molecule has 0 radical (unpaired) electrons. The van der Waals surface area contributed by atoms with Crippen LogP contribution in [-0.2, 0) is 0 Å². The van der Waals surface area contributed by atoms with Crippen LogP contribution >= 0.6 is 22.6 Å². The number of nitrogens with zero attached hydrogens (tertiary/aromatic N) is 2. The summed E-state index contributed by atoms with van der Waals surface area (Å²) in [4.78, 5) is 0. The van der Waals surface area contributed by atoms with E-state index in [1.165, 1.54) is 5.56 Å². The minimum Gasteiger partial charge on any atom is -0.383 e. The Hall–Kier alpha value is -1.04. The van der Waals surface area contributed by atoms with Crippen LogP contribution in [0.5, 0.6) is 0 Å². The van der Waals surface area contributed by atoms with E-state index in [1.807, 2.05) is 17.7 Å².